The van der Waals surface area contributed by atoms with Gasteiger partial charge >= 0.3 is 0 Å². The lowest BCUT2D eigenvalue weighted by atomic mass is 9.73. The Morgan fingerprint density at radius 2 is 1.93 bits per heavy atom. The maximum Gasteiger partial charge on any atom is 0.0706 e. The van der Waals surface area contributed by atoms with Gasteiger partial charge in [-0.05, 0) is 37.5 Å². The van der Waals surface area contributed by atoms with Crippen molar-refractivity contribution in [3.63, 3.8) is 0 Å². The third kappa shape index (κ3) is 2.71. The van der Waals surface area contributed by atoms with Crippen LogP contribution >= 0.6 is 0 Å². The van der Waals surface area contributed by atoms with Crippen LogP contribution in [0, 0.1) is 11.8 Å². The minimum atomic E-state index is 0.0508. The van der Waals surface area contributed by atoms with E-state index in [2.05, 4.69) is 20.8 Å². The molecule has 0 aliphatic heterocycles. The third-order valence-electron chi connectivity index (χ3n) is 3.65. The normalized spacial score (nSPS) is 33.6. The lowest BCUT2D eigenvalue weighted by Gasteiger charge is -2.42. The van der Waals surface area contributed by atoms with E-state index in [-0.39, 0.29) is 12.2 Å². The molecule has 2 heteroatoms. The number of aliphatic hydroxyl groups is 1. The van der Waals surface area contributed by atoms with Crippen LogP contribution in [-0.4, -0.2) is 23.9 Å². The van der Waals surface area contributed by atoms with Gasteiger partial charge < -0.3 is 9.84 Å². The highest BCUT2D eigenvalue weighted by atomic mass is 16.5. The zero-order chi connectivity index (χ0) is 10.6. The van der Waals surface area contributed by atoms with E-state index in [0.717, 1.165) is 18.8 Å². The molecule has 0 saturated heterocycles. The van der Waals surface area contributed by atoms with Crippen molar-refractivity contribution in [3.05, 3.63) is 0 Å². The van der Waals surface area contributed by atoms with E-state index in [1.54, 1.807) is 0 Å². The summed E-state index contributed by atoms with van der Waals surface area (Å²) in [7, 11) is 0. The molecule has 1 fully saturated rings. The predicted molar refractivity (Wildman–Crippen MR) is 58.2 cm³/mol. The number of hydrogen-bond acceptors (Lipinski definition) is 2. The summed E-state index contributed by atoms with van der Waals surface area (Å²) in [5, 5.41) is 8.82. The summed E-state index contributed by atoms with van der Waals surface area (Å²) in [5.74, 6) is 1.40. The van der Waals surface area contributed by atoms with Crippen molar-refractivity contribution in [3.8, 4) is 0 Å². The van der Waals surface area contributed by atoms with E-state index in [9.17, 15) is 0 Å². The van der Waals surface area contributed by atoms with E-state index in [0.29, 0.717) is 12.5 Å². The first kappa shape index (κ1) is 12.0. The van der Waals surface area contributed by atoms with Gasteiger partial charge in [0.2, 0.25) is 0 Å². The van der Waals surface area contributed by atoms with Crippen LogP contribution in [-0.2, 0) is 4.74 Å². The molecule has 1 rings (SSSR count). The second-order valence-corrected chi connectivity index (χ2v) is 4.97. The SMILES string of the molecule is CC1CCC(OCCO)(C(C)C)CC1. The number of rotatable bonds is 4. The van der Waals surface area contributed by atoms with Crippen molar-refractivity contribution < 1.29 is 9.84 Å². The molecule has 1 N–H and O–H groups in total. The number of hydrogen-bond donors (Lipinski definition) is 1. The molecule has 0 aromatic heterocycles. The van der Waals surface area contributed by atoms with E-state index < -0.39 is 0 Å². The minimum Gasteiger partial charge on any atom is -0.394 e. The summed E-state index contributed by atoms with van der Waals surface area (Å²) >= 11 is 0. The molecule has 0 unspecified atom stereocenters. The third-order valence-corrected chi connectivity index (χ3v) is 3.65. The van der Waals surface area contributed by atoms with Crippen molar-refractivity contribution in [2.24, 2.45) is 11.8 Å². The van der Waals surface area contributed by atoms with Gasteiger partial charge in [-0.3, -0.25) is 0 Å². The molecule has 0 bridgehead atoms. The quantitative estimate of drug-likeness (QED) is 0.756. The molecule has 1 saturated carbocycles. The Hall–Kier alpha value is -0.0800. The molecule has 0 aromatic rings. The average molecular weight is 200 g/mol. The van der Waals surface area contributed by atoms with Crippen molar-refractivity contribution in [1.29, 1.82) is 0 Å². The molecule has 2 nitrogen and oxygen atoms in total. The second-order valence-electron chi connectivity index (χ2n) is 4.97. The van der Waals surface area contributed by atoms with E-state index in [4.69, 9.17) is 9.84 Å². The van der Waals surface area contributed by atoms with Gasteiger partial charge in [-0.1, -0.05) is 20.8 Å². The molecule has 14 heavy (non-hydrogen) atoms. The molecule has 0 spiro atoms. The monoisotopic (exact) mass is 200 g/mol. The van der Waals surface area contributed by atoms with Crippen LogP contribution in [0.2, 0.25) is 0 Å². The van der Waals surface area contributed by atoms with Gasteiger partial charge in [-0.15, -0.1) is 0 Å². The minimum absolute atomic E-state index is 0.0508. The molecule has 0 heterocycles. The van der Waals surface area contributed by atoms with Crippen molar-refractivity contribution in [2.45, 2.75) is 52.1 Å². The first-order valence-electron chi connectivity index (χ1n) is 5.85. The van der Waals surface area contributed by atoms with Crippen LogP contribution in [0.4, 0.5) is 0 Å². The van der Waals surface area contributed by atoms with Gasteiger partial charge in [-0.2, -0.15) is 0 Å². The van der Waals surface area contributed by atoms with E-state index in [1.807, 2.05) is 0 Å². The highest BCUT2D eigenvalue weighted by molar-refractivity contribution is 4.89. The van der Waals surface area contributed by atoms with Crippen molar-refractivity contribution >= 4 is 0 Å². The fraction of sp³-hybridized carbons (Fsp3) is 1.00. The van der Waals surface area contributed by atoms with Crippen LogP contribution < -0.4 is 0 Å². The second kappa shape index (κ2) is 5.13. The maximum absolute atomic E-state index is 8.82. The van der Waals surface area contributed by atoms with E-state index >= 15 is 0 Å². The summed E-state index contributed by atoms with van der Waals surface area (Å²) in [6, 6.07) is 0. The molecule has 1 aliphatic rings. The van der Waals surface area contributed by atoms with Gasteiger partial charge in [-0.25, -0.2) is 0 Å². The number of aliphatic hydroxyl groups excluding tert-OH is 1. The summed E-state index contributed by atoms with van der Waals surface area (Å²) in [6.45, 7) is 7.41. The van der Waals surface area contributed by atoms with Crippen LogP contribution in [0.5, 0.6) is 0 Å². The molecular weight excluding hydrogens is 176 g/mol. The lowest BCUT2D eigenvalue weighted by Crippen LogP contribution is -2.42. The smallest absolute Gasteiger partial charge is 0.0706 e. The van der Waals surface area contributed by atoms with Gasteiger partial charge in [0.1, 0.15) is 0 Å². The van der Waals surface area contributed by atoms with Gasteiger partial charge in [0.05, 0.1) is 18.8 Å². The molecule has 84 valence electrons. The Balaban J connectivity index is 2.54. The molecular formula is C12H24O2. The highest BCUT2D eigenvalue weighted by Gasteiger charge is 2.37. The van der Waals surface area contributed by atoms with Gasteiger partial charge in [0, 0.05) is 0 Å². The first-order valence-corrected chi connectivity index (χ1v) is 5.85. The Labute approximate surface area is 87.7 Å². The van der Waals surface area contributed by atoms with Crippen molar-refractivity contribution in [2.75, 3.05) is 13.2 Å². The lowest BCUT2D eigenvalue weighted by molar-refractivity contribution is -0.115. The van der Waals surface area contributed by atoms with E-state index in [1.165, 1.54) is 12.8 Å². The fourth-order valence-electron chi connectivity index (χ4n) is 2.39. The van der Waals surface area contributed by atoms with Crippen molar-refractivity contribution in [1.82, 2.24) is 0 Å². The average Bonchev–Trinajstić information content (AvgIpc) is 2.17. The molecule has 0 aromatic carbocycles. The highest BCUT2D eigenvalue weighted by Crippen LogP contribution is 2.39. The Morgan fingerprint density at radius 3 is 2.36 bits per heavy atom. The topological polar surface area (TPSA) is 29.5 Å². The predicted octanol–water partition coefficient (Wildman–Crippen LogP) is 2.60. The summed E-state index contributed by atoms with van der Waals surface area (Å²) in [6.07, 6.45) is 4.85. The Morgan fingerprint density at radius 1 is 1.36 bits per heavy atom. The summed E-state index contributed by atoms with van der Waals surface area (Å²) < 4.78 is 5.88. The van der Waals surface area contributed by atoms with Crippen LogP contribution in [0.15, 0.2) is 0 Å². The Bertz CT molecular complexity index is 152. The summed E-state index contributed by atoms with van der Waals surface area (Å²) in [5.41, 5.74) is 0.0508. The van der Waals surface area contributed by atoms with Crippen LogP contribution in [0.1, 0.15) is 46.5 Å². The van der Waals surface area contributed by atoms with Gasteiger partial charge in [0.25, 0.3) is 0 Å². The van der Waals surface area contributed by atoms with Crippen LogP contribution in [0.3, 0.4) is 0 Å². The maximum atomic E-state index is 8.82. The molecule has 0 atom stereocenters. The standard InChI is InChI=1S/C12H24O2/c1-10(2)12(14-9-8-13)6-4-11(3)5-7-12/h10-11,13H,4-9H2,1-3H3. The zero-order valence-corrected chi connectivity index (χ0v) is 9.75. The fourth-order valence-corrected chi connectivity index (χ4v) is 2.39. The summed E-state index contributed by atoms with van der Waals surface area (Å²) in [4.78, 5) is 0. The first-order chi connectivity index (χ1) is 6.60. The number of ether oxygens (including phenoxy) is 1. The van der Waals surface area contributed by atoms with Crippen LogP contribution in [0.25, 0.3) is 0 Å². The largest absolute Gasteiger partial charge is 0.394 e. The molecule has 1 aliphatic carbocycles. The molecule has 0 amide bonds. The molecule has 0 radical (unpaired) electrons. The Kier molecular flexibility index (Phi) is 4.39. The van der Waals surface area contributed by atoms with Gasteiger partial charge in [0.15, 0.2) is 0 Å². The zero-order valence-electron chi connectivity index (χ0n) is 9.75.